The van der Waals surface area contributed by atoms with Gasteiger partial charge in [-0.1, -0.05) is 51.5 Å². The van der Waals surface area contributed by atoms with E-state index in [0.717, 1.165) is 16.9 Å². The third-order valence-corrected chi connectivity index (χ3v) is 3.05. The highest BCUT2D eigenvalue weighted by Gasteiger charge is 2.15. The van der Waals surface area contributed by atoms with Gasteiger partial charge < -0.3 is 9.57 Å². The van der Waals surface area contributed by atoms with Crippen LogP contribution in [0.4, 0.5) is 0 Å². The average Bonchev–Trinajstić information content (AvgIpc) is 2.38. The van der Waals surface area contributed by atoms with Crippen molar-refractivity contribution in [3.05, 3.63) is 29.3 Å². The largest absolute Gasteiger partial charge is 0.492 e. The third kappa shape index (κ3) is 4.51. The maximum Gasteiger partial charge on any atom is 0.329 e. The Morgan fingerprint density at radius 3 is 2.20 bits per heavy atom. The summed E-state index contributed by atoms with van der Waals surface area (Å²) in [6.45, 7) is 8.76. The van der Waals surface area contributed by atoms with Crippen LogP contribution in [0.3, 0.4) is 0 Å². The van der Waals surface area contributed by atoms with Crippen molar-refractivity contribution < 1.29 is 14.4 Å². The zero-order valence-electron chi connectivity index (χ0n) is 12.6. The van der Waals surface area contributed by atoms with Crippen LogP contribution >= 0.6 is 0 Å². The standard InChI is InChI=1S/C15H24N2O3/c1-10(2)12-6-5-7-13(11(3)4)15(12)19-9-8-14(18)20-17-16/h5-7,10-11,17H,8-9,16H2,1-4H3. The molecule has 5 heteroatoms. The molecule has 20 heavy (non-hydrogen) atoms. The lowest BCUT2D eigenvalue weighted by atomic mass is 9.94. The Bertz CT molecular complexity index is 418. The molecule has 3 N–H and O–H groups in total. The lowest BCUT2D eigenvalue weighted by molar-refractivity contribution is -0.151. The van der Waals surface area contributed by atoms with E-state index < -0.39 is 5.97 Å². The summed E-state index contributed by atoms with van der Waals surface area (Å²) in [5.41, 5.74) is 4.18. The Labute approximate surface area is 120 Å². The summed E-state index contributed by atoms with van der Waals surface area (Å²) in [5, 5.41) is 0. The molecule has 0 spiro atoms. The first-order valence-electron chi connectivity index (χ1n) is 6.88. The molecule has 0 aliphatic rings. The fourth-order valence-electron chi connectivity index (χ4n) is 2.00. The lowest BCUT2D eigenvalue weighted by Gasteiger charge is -2.19. The summed E-state index contributed by atoms with van der Waals surface area (Å²) in [4.78, 5) is 15.7. The Morgan fingerprint density at radius 1 is 1.20 bits per heavy atom. The Hall–Kier alpha value is -1.59. The number of nitrogens with one attached hydrogen (secondary N) is 1. The fraction of sp³-hybridized carbons (Fsp3) is 0.533. The molecular weight excluding hydrogens is 256 g/mol. The van der Waals surface area contributed by atoms with Crippen molar-refractivity contribution in [2.45, 2.75) is 46.0 Å². The third-order valence-electron chi connectivity index (χ3n) is 3.05. The van der Waals surface area contributed by atoms with Crippen molar-refractivity contribution in [2.75, 3.05) is 6.61 Å². The lowest BCUT2D eigenvalue weighted by Crippen LogP contribution is -2.27. The predicted molar refractivity (Wildman–Crippen MR) is 78.1 cm³/mol. The fourth-order valence-corrected chi connectivity index (χ4v) is 2.00. The van der Waals surface area contributed by atoms with Gasteiger partial charge in [-0.15, -0.1) is 0 Å². The number of ether oxygens (including phenoxy) is 1. The average molecular weight is 280 g/mol. The van der Waals surface area contributed by atoms with Crippen LogP contribution in [-0.4, -0.2) is 12.6 Å². The highest BCUT2D eigenvalue weighted by atomic mass is 16.7. The minimum absolute atomic E-state index is 0.147. The van der Waals surface area contributed by atoms with Gasteiger partial charge in [0.15, 0.2) is 0 Å². The Morgan fingerprint density at radius 2 is 1.75 bits per heavy atom. The smallest absolute Gasteiger partial charge is 0.329 e. The molecule has 1 aromatic rings. The van der Waals surface area contributed by atoms with Crippen molar-refractivity contribution >= 4 is 5.97 Å². The van der Waals surface area contributed by atoms with Crippen LogP contribution in [0.5, 0.6) is 5.75 Å². The summed E-state index contributed by atoms with van der Waals surface area (Å²) in [6.07, 6.45) is 0.147. The van der Waals surface area contributed by atoms with Gasteiger partial charge >= 0.3 is 5.97 Å². The van der Waals surface area contributed by atoms with Crippen molar-refractivity contribution in [2.24, 2.45) is 5.84 Å². The Balaban J connectivity index is 2.83. The monoisotopic (exact) mass is 280 g/mol. The Kier molecular flexibility index (Phi) is 6.48. The van der Waals surface area contributed by atoms with E-state index in [1.165, 1.54) is 0 Å². The first kappa shape index (κ1) is 16.5. The molecule has 0 fully saturated rings. The number of benzene rings is 1. The second-order valence-corrected chi connectivity index (χ2v) is 5.27. The van der Waals surface area contributed by atoms with Crippen molar-refractivity contribution in [3.8, 4) is 5.75 Å². The number of nitrogens with two attached hydrogens (primary N) is 1. The first-order valence-corrected chi connectivity index (χ1v) is 6.88. The van der Waals surface area contributed by atoms with E-state index in [1.54, 1.807) is 0 Å². The molecule has 0 unspecified atom stereocenters. The number of rotatable bonds is 7. The highest BCUT2D eigenvalue weighted by Crippen LogP contribution is 2.34. The second kappa shape index (κ2) is 7.87. The zero-order chi connectivity index (χ0) is 15.1. The maximum absolute atomic E-state index is 11.2. The molecule has 0 aliphatic carbocycles. The van der Waals surface area contributed by atoms with E-state index in [1.807, 2.05) is 11.7 Å². The number of hydrogen-bond donors (Lipinski definition) is 2. The SMILES string of the molecule is CC(C)c1cccc(C(C)C)c1OCCC(=O)ONN. The number of hydrazine groups is 1. The molecule has 0 atom stereocenters. The summed E-state index contributed by atoms with van der Waals surface area (Å²) in [7, 11) is 0. The van der Waals surface area contributed by atoms with Crippen LogP contribution in [0.1, 0.15) is 57.1 Å². The van der Waals surface area contributed by atoms with E-state index in [9.17, 15) is 4.79 Å². The molecule has 0 aromatic heterocycles. The van der Waals surface area contributed by atoms with Crippen LogP contribution in [0.2, 0.25) is 0 Å². The molecule has 0 saturated heterocycles. The van der Waals surface area contributed by atoms with Crippen molar-refractivity contribution in [3.63, 3.8) is 0 Å². The minimum atomic E-state index is -0.444. The quantitative estimate of drug-likeness (QED) is 0.593. The van der Waals surface area contributed by atoms with E-state index in [0.29, 0.717) is 11.8 Å². The summed E-state index contributed by atoms with van der Waals surface area (Å²) >= 11 is 0. The van der Waals surface area contributed by atoms with E-state index in [2.05, 4.69) is 44.7 Å². The molecular formula is C15H24N2O3. The van der Waals surface area contributed by atoms with Crippen LogP contribution in [-0.2, 0) is 9.63 Å². The number of carbonyl (C=O) groups excluding carboxylic acids is 1. The first-order chi connectivity index (χ1) is 9.47. The number of hydrogen-bond acceptors (Lipinski definition) is 5. The molecule has 0 radical (unpaired) electrons. The summed E-state index contributed by atoms with van der Waals surface area (Å²) in [6, 6.07) is 6.17. The van der Waals surface area contributed by atoms with E-state index in [4.69, 9.17) is 10.6 Å². The van der Waals surface area contributed by atoms with Gasteiger partial charge in [-0.3, -0.25) is 4.79 Å². The summed E-state index contributed by atoms with van der Waals surface area (Å²) in [5.74, 6) is 6.07. The molecule has 0 saturated carbocycles. The predicted octanol–water partition coefficient (Wildman–Crippen LogP) is 2.62. The van der Waals surface area contributed by atoms with Crippen LogP contribution in [0.25, 0.3) is 0 Å². The van der Waals surface area contributed by atoms with E-state index >= 15 is 0 Å². The van der Waals surface area contributed by atoms with E-state index in [-0.39, 0.29) is 13.0 Å². The normalized spacial score (nSPS) is 10.9. The molecule has 5 nitrogen and oxygen atoms in total. The van der Waals surface area contributed by atoms with Crippen molar-refractivity contribution in [1.29, 1.82) is 0 Å². The molecule has 0 amide bonds. The van der Waals surface area contributed by atoms with Gasteiger partial charge in [0.1, 0.15) is 5.75 Å². The highest BCUT2D eigenvalue weighted by molar-refractivity contribution is 5.69. The topological polar surface area (TPSA) is 73.6 Å². The van der Waals surface area contributed by atoms with Gasteiger partial charge in [-0.05, 0) is 23.0 Å². The van der Waals surface area contributed by atoms with Crippen LogP contribution < -0.4 is 16.2 Å². The molecule has 1 aromatic carbocycles. The number of para-hydroxylation sites is 1. The maximum atomic E-state index is 11.2. The molecule has 0 aliphatic heterocycles. The van der Waals surface area contributed by atoms with Gasteiger partial charge in [-0.2, -0.15) is 0 Å². The van der Waals surface area contributed by atoms with Crippen molar-refractivity contribution in [1.82, 2.24) is 5.59 Å². The minimum Gasteiger partial charge on any atom is -0.492 e. The van der Waals surface area contributed by atoms with Gasteiger partial charge in [0.25, 0.3) is 0 Å². The molecule has 0 bridgehead atoms. The van der Waals surface area contributed by atoms with Gasteiger partial charge in [0.2, 0.25) is 0 Å². The van der Waals surface area contributed by atoms with Gasteiger partial charge in [0.05, 0.1) is 13.0 Å². The zero-order valence-corrected chi connectivity index (χ0v) is 12.6. The van der Waals surface area contributed by atoms with Crippen LogP contribution in [0, 0.1) is 0 Å². The molecule has 1 rings (SSSR count). The second-order valence-electron chi connectivity index (χ2n) is 5.27. The molecule has 112 valence electrons. The number of carbonyl (C=O) groups is 1. The van der Waals surface area contributed by atoms with Gasteiger partial charge in [0, 0.05) is 0 Å². The van der Waals surface area contributed by atoms with Gasteiger partial charge in [-0.25, -0.2) is 5.84 Å². The van der Waals surface area contributed by atoms with Crippen LogP contribution in [0.15, 0.2) is 18.2 Å². The summed E-state index contributed by atoms with van der Waals surface area (Å²) < 4.78 is 5.84. The molecule has 0 heterocycles.